The molecule has 0 aliphatic heterocycles. The third-order valence-corrected chi connectivity index (χ3v) is 8.50. The van der Waals surface area contributed by atoms with Gasteiger partial charge in [-0.3, -0.25) is 9.10 Å². The van der Waals surface area contributed by atoms with Crippen molar-refractivity contribution < 1.29 is 13.2 Å². The number of hydrogen-bond acceptors (Lipinski definition) is 4. The largest absolute Gasteiger partial charge is 0.318 e. The number of carbonyl (C=O) groups is 1. The first-order valence-electron chi connectivity index (χ1n) is 12.1. The van der Waals surface area contributed by atoms with E-state index in [1.54, 1.807) is 37.3 Å². The first-order chi connectivity index (χ1) is 18.5. The Balaban J connectivity index is 1.58. The number of anilines is 1. The Hall–Kier alpha value is -3.59. The molecule has 0 aliphatic rings. The first-order valence-corrected chi connectivity index (χ1v) is 14.3. The normalized spacial score (nSPS) is 11.6. The highest BCUT2D eigenvalue weighted by Crippen LogP contribution is 2.29. The van der Waals surface area contributed by atoms with E-state index in [9.17, 15) is 13.2 Å². The molecule has 0 saturated carbocycles. The van der Waals surface area contributed by atoms with Crippen LogP contribution in [-0.2, 0) is 14.8 Å². The Bertz CT molecular complexity index is 1660. The van der Waals surface area contributed by atoms with Crippen molar-refractivity contribution in [2.45, 2.75) is 32.6 Å². The average molecular weight is 584 g/mol. The molecule has 0 radical (unpaired) electrons. The molecule has 0 atom stereocenters. The fourth-order valence-corrected chi connectivity index (χ4v) is 6.20. The Kier molecular flexibility index (Phi) is 8.49. The minimum absolute atomic E-state index is 0.0761. The molecular formula is C29H28Cl2N4O3S. The fourth-order valence-electron chi connectivity index (χ4n) is 4.31. The number of aromatic nitrogens is 1. The van der Waals surface area contributed by atoms with Crippen LogP contribution in [0, 0.1) is 27.7 Å². The number of hydrazone groups is 1. The summed E-state index contributed by atoms with van der Waals surface area (Å²) in [5, 5.41) is 5.21. The lowest BCUT2D eigenvalue weighted by Gasteiger charge is -2.25. The molecule has 1 N–H and O–H groups in total. The number of carbonyl (C=O) groups excluding carboxylic acids is 1. The molecule has 0 saturated heterocycles. The van der Waals surface area contributed by atoms with Crippen LogP contribution in [0.15, 0.2) is 82.8 Å². The molecule has 0 aliphatic carbocycles. The summed E-state index contributed by atoms with van der Waals surface area (Å²) in [5.41, 5.74) is 7.94. The maximum atomic E-state index is 13.6. The second kappa shape index (κ2) is 11.7. The lowest BCUT2D eigenvalue weighted by molar-refractivity contribution is -0.119. The smallest absolute Gasteiger partial charge is 0.264 e. The van der Waals surface area contributed by atoms with Gasteiger partial charge in [0.05, 0.1) is 16.8 Å². The maximum absolute atomic E-state index is 13.6. The molecule has 0 unspecified atom stereocenters. The number of hydrogen-bond donors (Lipinski definition) is 1. The van der Waals surface area contributed by atoms with E-state index in [-0.39, 0.29) is 4.90 Å². The van der Waals surface area contributed by atoms with Crippen LogP contribution >= 0.6 is 23.2 Å². The summed E-state index contributed by atoms with van der Waals surface area (Å²) in [4.78, 5) is 13.0. The molecule has 4 rings (SSSR count). The molecule has 1 amide bonds. The van der Waals surface area contributed by atoms with Crippen LogP contribution < -0.4 is 9.73 Å². The van der Waals surface area contributed by atoms with Gasteiger partial charge < -0.3 is 4.57 Å². The Morgan fingerprint density at radius 3 is 2.31 bits per heavy atom. The summed E-state index contributed by atoms with van der Waals surface area (Å²) in [7, 11) is -4.06. The van der Waals surface area contributed by atoms with Gasteiger partial charge in [0.2, 0.25) is 0 Å². The van der Waals surface area contributed by atoms with Gasteiger partial charge in [0.15, 0.2) is 0 Å². The summed E-state index contributed by atoms with van der Waals surface area (Å²) in [5.74, 6) is -0.597. The van der Waals surface area contributed by atoms with Gasteiger partial charge in [0, 0.05) is 32.7 Å². The molecule has 0 fully saturated rings. The van der Waals surface area contributed by atoms with Gasteiger partial charge in [0.25, 0.3) is 15.9 Å². The number of aryl methyl sites for hydroxylation is 3. The van der Waals surface area contributed by atoms with Crippen molar-refractivity contribution in [3.05, 3.63) is 111 Å². The molecule has 4 aromatic rings. The van der Waals surface area contributed by atoms with Crippen LogP contribution in [-0.4, -0.2) is 31.7 Å². The van der Waals surface area contributed by atoms with Gasteiger partial charge in [-0.05, 0) is 87.9 Å². The molecule has 1 heterocycles. The van der Waals surface area contributed by atoms with Crippen LogP contribution in [0.4, 0.5) is 5.69 Å². The minimum Gasteiger partial charge on any atom is -0.318 e. The predicted molar refractivity (Wildman–Crippen MR) is 158 cm³/mol. The third kappa shape index (κ3) is 6.36. The van der Waals surface area contributed by atoms with Crippen molar-refractivity contribution in [1.82, 2.24) is 9.99 Å². The van der Waals surface area contributed by atoms with Crippen LogP contribution in [0.5, 0.6) is 0 Å². The van der Waals surface area contributed by atoms with Crippen LogP contribution in [0.2, 0.25) is 10.0 Å². The maximum Gasteiger partial charge on any atom is 0.264 e. The Morgan fingerprint density at radius 1 is 0.949 bits per heavy atom. The molecule has 39 heavy (non-hydrogen) atoms. The fraction of sp³-hybridized carbons (Fsp3) is 0.172. The van der Waals surface area contributed by atoms with E-state index in [1.165, 1.54) is 18.3 Å². The predicted octanol–water partition coefficient (Wildman–Crippen LogP) is 6.36. The highest BCUT2D eigenvalue weighted by atomic mass is 35.5. The molecule has 7 nitrogen and oxygen atoms in total. The highest BCUT2D eigenvalue weighted by molar-refractivity contribution is 7.92. The van der Waals surface area contributed by atoms with Crippen molar-refractivity contribution in [3.63, 3.8) is 0 Å². The van der Waals surface area contributed by atoms with Crippen LogP contribution in [0.1, 0.15) is 28.1 Å². The summed E-state index contributed by atoms with van der Waals surface area (Å²) in [6.45, 7) is 7.04. The van der Waals surface area contributed by atoms with Crippen molar-refractivity contribution in [1.29, 1.82) is 0 Å². The zero-order valence-electron chi connectivity index (χ0n) is 21.9. The van der Waals surface area contributed by atoms with Crippen molar-refractivity contribution in [3.8, 4) is 5.69 Å². The zero-order chi connectivity index (χ0) is 28.3. The summed E-state index contributed by atoms with van der Waals surface area (Å²) < 4.78 is 30.3. The highest BCUT2D eigenvalue weighted by Gasteiger charge is 2.28. The molecular weight excluding hydrogens is 555 g/mol. The van der Waals surface area contributed by atoms with Crippen molar-refractivity contribution in [2.24, 2.45) is 5.10 Å². The van der Waals surface area contributed by atoms with Gasteiger partial charge in [0.1, 0.15) is 6.54 Å². The van der Waals surface area contributed by atoms with E-state index in [4.69, 9.17) is 23.2 Å². The van der Waals surface area contributed by atoms with Gasteiger partial charge in [-0.2, -0.15) is 5.10 Å². The van der Waals surface area contributed by atoms with Crippen LogP contribution in [0.25, 0.3) is 5.69 Å². The zero-order valence-corrected chi connectivity index (χ0v) is 24.3. The molecule has 0 bridgehead atoms. The lowest BCUT2D eigenvalue weighted by atomic mass is 10.2. The van der Waals surface area contributed by atoms with Gasteiger partial charge in [-0.1, -0.05) is 47.0 Å². The summed E-state index contributed by atoms with van der Waals surface area (Å²) >= 11 is 12.3. The quantitative estimate of drug-likeness (QED) is 0.194. The number of amides is 1. The van der Waals surface area contributed by atoms with E-state index in [0.717, 1.165) is 32.5 Å². The second-order valence-corrected chi connectivity index (χ2v) is 11.9. The van der Waals surface area contributed by atoms with E-state index < -0.39 is 22.5 Å². The molecule has 10 heteroatoms. The van der Waals surface area contributed by atoms with Gasteiger partial charge in [-0.15, -0.1) is 0 Å². The van der Waals surface area contributed by atoms with Gasteiger partial charge >= 0.3 is 0 Å². The topological polar surface area (TPSA) is 83.8 Å². The average Bonchev–Trinajstić information content (AvgIpc) is 3.15. The van der Waals surface area contributed by atoms with E-state index in [0.29, 0.717) is 21.3 Å². The molecule has 202 valence electrons. The second-order valence-electron chi connectivity index (χ2n) is 9.19. The van der Waals surface area contributed by atoms with E-state index in [1.807, 2.05) is 55.7 Å². The van der Waals surface area contributed by atoms with Crippen molar-refractivity contribution in [2.75, 3.05) is 10.8 Å². The lowest BCUT2D eigenvalue weighted by Crippen LogP contribution is -2.40. The Morgan fingerprint density at radius 2 is 1.64 bits per heavy atom. The van der Waals surface area contributed by atoms with Crippen LogP contribution in [0.3, 0.4) is 0 Å². The minimum atomic E-state index is -4.06. The summed E-state index contributed by atoms with van der Waals surface area (Å²) in [6, 6.07) is 20.8. The first kappa shape index (κ1) is 28.4. The molecule has 1 aromatic heterocycles. The van der Waals surface area contributed by atoms with E-state index >= 15 is 0 Å². The number of rotatable bonds is 8. The molecule has 0 spiro atoms. The number of halogens is 2. The number of sulfonamides is 1. The monoisotopic (exact) mass is 582 g/mol. The third-order valence-electron chi connectivity index (χ3n) is 6.25. The molecule has 3 aromatic carbocycles. The standard InChI is InChI=1S/C29H28Cl2N4O3S/c1-19-8-11-27(12-9-19)39(37,38)34(28-13-10-25(31)14-20(28)2)18-29(36)33-32-17-23-15-21(3)35(22(23)4)26-7-5-6-24(30)16-26/h5-17H,18H2,1-4H3,(H,33,36)/b32-17-. The Labute approximate surface area is 238 Å². The number of benzene rings is 3. The number of nitrogens with zero attached hydrogens (tertiary/aromatic N) is 3. The SMILES string of the molecule is Cc1ccc(S(=O)(=O)N(CC(=O)N/N=C\c2cc(C)n(-c3cccc(Cl)c3)c2C)c2ccc(Cl)cc2C)cc1. The van der Waals surface area contributed by atoms with Gasteiger partial charge in [-0.25, -0.2) is 13.8 Å². The number of nitrogens with one attached hydrogen (secondary N) is 1. The van der Waals surface area contributed by atoms with E-state index in [2.05, 4.69) is 10.5 Å². The van der Waals surface area contributed by atoms with Crippen molar-refractivity contribution >= 4 is 51.0 Å². The summed E-state index contributed by atoms with van der Waals surface area (Å²) in [6.07, 6.45) is 1.54.